The van der Waals surface area contributed by atoms with Crippen LogP contribution in [0, 0.1) is 0 Å². The van der Waals surface area contributed by atoms with Crippen molar-refractivity contribution in [3.8, 4) is 0 Å². The second-order valence-corrected chi connectivity index (χ2v) is 4.94. The molecule has 0 bridgehead atoms. The standard InChI is InChI=1S/C12H14ClN/c13-11-6-5-10-9(11)4-3-8(12(10)14)7-1-2-7/h3-4,7,11H,1-2,5-6,14H2. The van der Waals surface area contributed by atoms with Crippen molar-refractivity contribution >= 4 is 17.3 Å². The molecule has 1 unspecified atom stereocenters. The predicted molar refractivity (Wildman–Crippen MR) is 59.7 cm³/mol. The number of halogens is 1. The lowest BCUT2D eigenvalue weighted by Gasteiger charge is -2.10. The Morgan fingerprint density at radius 2 is 1.86 bits per heavy atom. The zero-order chi connectivity index (χ0) is 9.71. The topological polar surface area (TPSA) is 26.0 Å². The molecule has 1 nitrogen and oxygen atoms in total. The Morgan fingerprint density at radius 1 is 1.14 bits per heavy atom. The zero-order valence-corrected chi connectivity index (χ0v) is 8.85. The van der Waals surface area contributed by atoms with Gasteiger partial charge in [-0.1, -0.05) is 12.1 Å². The molecule has 0 radical (unpaired) electrons. The molecule has 74 valence electrons. The fourth-order valence-electron chi connectivity index (χ4n) is 2.45. The highest BCUT2D eigenvalue weighted by Crippen LogP contribution is 2.47. The number of nitrogens with two attached hydrogens (primary N) is 1. The van der Waals surface area contributed by atoms with E-state index in [9.17, 15) is 0 Å². The van der Waals surface area contributed by atoms with E-state index in [1.807, 2.05) is 0 Å². The molecule has 2 aliphatic carbocycles. The average molecular weight is 208 g/mol. The Labute approximate surface area is 89.3 Å². The maximum atomic E-state index is 6.21. The van der Waals surface area contributed by atoms with Crippen LogP contribution in [0.5, 0.6) is 0 Å². The third-order valence-electron chi connectivity index (χ3n) is 3.43. The molecule has 3 rings (SSSR count). The van der Waals surface area contributed by atoms with E-state index in [-0.39, 0.29) is 5.38 Å². The van der Waals surface area contributed by atoms with Gasteiger partial charge in [0.25, 0.3) is 0 Å². The van der Waals surface area contributed by atoms with Crippen molar-refractivity contribution in [2.24, 2.45) is 0 Å². The van der Waals surface area contributed by atoms with Crippen LogP contribution in [0.15, 0.2) is 12.1 Å². The molecule has 14 heavy (non-hydrogen) atoms. The molecule has 0 saturated heterocycles. The molecule has 1 aromatic carbocycles. The van der Waals surface area contributed by atoms with Gasteiger partial charge in [-0.25, -0.2) is 0 Å². The highest BCUT2D eigenvalue weighted by molar-refractivity contribution is 6.21. The van der Waals surface area contributed by atoms with Crippen molar-refractivity contribution in [3.63, 3.8) is 0 Å². The molecule has 1 atom stereocenters. The highest BCUT2D eigenvalue weighted by Gasteiger charge is 2.29. The van der Waals surface area contributed by atoms with Crippen molar-refractivity contribution in [3.05, 3.63) is 28.8 Å². The van der Waals surface area contributed by atoms with Gasteiger partial charge >= 0.3 is 0 Å². The number of hydrogen-bond acceptors (Lipinski definition) is 1. The minimum absolute atomic E-state index is 0.195. The van der Waals surface area contributed by atoms with E-state index < -0.39 is 0 Å². The Morgan fingerprint density at radius 3 is 2.57 bits per heavy atom. The first kappa shape index (κ1) is 8.60. The first-order valence-electron chi connectivity index (χ1n) is 5.32. The minimum Gasteiger partial charge on any atom is -0.398 e. The molecule has 1 fully saturated rings. The molecular weight excluding hydrogens is 194 g/mol. The summed E-state index contributed by atoms with van der Waals surface area (Å²) >= 11 is 6.21. The number of anilines is 1. The maximum Gasteiger partial charge on any atom is 0.0591 e. The van der Waals surface area contributed by atoms with Gasteiger partial charge in [-0.05, 0) is 48.3 Å². The van der Waals surface area contributed by atoms with E-state index in [2.05, 4.69) is 12.1 Å². The summed E-state index contributed by atoms with van der Waals surface area (Å²) in [5.74, 6) is 0.745. The van der Waals surface area contributed by atoms with E-state index in [0.717, 1.165) is 24.4 Å². The fraction of sp³-hybridized carbons (Fsp3) is 0.500. The lowest BCUT2D eigenvalue weighted by atomic mass is 10.0. The van der Waals surface area contributed by atoms with Crippen molar-refractivity contribution < 1.29 is 0 Å². The van der Waals surface area contributed by atoms with E-state index in [1.54, 1.807) is 0 Å². The SMILES string of the molecule is Nc1c(C2CC2)ccc2c1CCC2Cl. The van der Waals surface area contributed by atoms with Crippen LogP contribution in [0.4, 0.5) is 5.69 Å². The average Bonchev–Trinajstić information content (AvgIpc) is 2.93. The normalized spacial score (nSPS) is 25.1. The maximum absolute atomic E-state index is 6.21. The van der Waals surface area contributed by atoms with Crippen molar-refractivity contribution in [2.45, 2.75) is 37.0 Å². The van der Waals surface area contributed by atoms with Gasteiger partial charge in [0.05, 0.1) is 5.38 Å². The van der Waals surface area contributed by atoms with Gasteiger partial charge in [-0.3, -0.25) is 0 Å². The van der Waals surface area contributed by atoms with Crippen molar-refractivity contribution in [1.29, 1.82) is 0 Å². The Hall–Kier alpha value is -0.690. The number of alkyl halides is 1. The Bertz CT molecular complexity index is 382. The van der Waals surface area contributed by atoms with Crippen molar-refractivity contribution in [1.82, 2.24) is 0 Å². The third kappa shape index (κ3) is 1.15. The van der Waals surface area contributed by atoms with Crippen LogP contribution in [0.2, 0.25) is 0 Å². The summed E-state index contributed by atoms with van der Waals surface area (Å²) in [6.07, 6.45) is 4.74. The smallest absolute Gasteiger partial charge is 0.0591 e. The first-order chi connectivity index (χ1) is 6.77. The summed E-state index contributed by atoms with van der Waals surface area (Å²) in [7, 11) is 0. The number of rotatable bonds is 1. The highest BCUT2D eigenvalue weighted by atomic mass is 35.5. The molecule has 0 spiro atoms. The van der Waals surface area contributed by atoms with Gasteiger partial charge in [-0.2, -0.15) is 0 Å². The second kappa shape index (κ2) is 2.90. The quantitative estimate of drug-likeness (QED) is 0.555. The molecule has 1 saturated carbocycles. The van der Waals surface area contributed by atoms with Crippen molar-refractivity contribution in [2.75, 3.05) is 5.73 Å². The van der Waals surface area contributed by atoms with Crippen LogP contribution < -0.4 is 5.73 Å². The number of fused-ring (bicyclic) bond motifs is 1. The van der Waals surface area contributed by atoms with Gasteiger partial charge in [-0.15, -0.1) is 11.6 Å². The fourth-order valence-corrected chi connectivity index (χ4v) is 2.76. The summed E-state index contributed by atoms with van der Waals surface area (Å²) in [4.78, 5) is 0. The Kier molecular flexibility index (Phi) is 1.78. The van der Waals surface area contributed by atoms with Gasteiger partial charge in [0.15, 0.2) is 0 Å². The van der Waals surface area contributed by atoms with E-state index >= 15 is 0 Å². The lowest BCUT2D eigenvalue weighted by Crippen LogP contribution is -1.98. The van der Waals surface area contributed by atoms with Crippen LogP contribution >= 0.6 is 11.6 Å². The van der Waals surface area contributed by atoms with Crippen LogP contribution in [0.25, 0.3) is 0 Å². The monoisotopic (exact) mass is 207 g/mol. The van der Waals surface area contributed by atoms with Crippen LogP contribution in [0.1, 0.15) is 47.2 Å². The zero-order valence-electron chi connectivity index (χ0n) is 8.09. The van der Waals surface area contributed by atoms with Gasteiger partial charge < -0.3 is 5.73 Å². The van der Waals surface area contributed by atoms with Gasteiger partial charge in [0, 0.05) is 5.69 Å². The summed E-state index contributed by atoms with van der Waals surface area (Å²) in [6.45, 7) is 0. The molecule has 1 aromatic rings. The number of hydrogen-bond donors (Lipinski definition) is 1. The van der Waals surface area contributed by atoms with E-state index in [4.69, 9.17) is 17.3 Å². The summed E-state index contributed by atoms with van der Waals surface area (Å²) in [5.41, 5.74) is 11.2. The Balaban J connectivity index is 2.12. The molecule has 0 aliphatic heterocycles. The lowest BCUT2D eigenvalue weighted by molar-refractivity contribution is 0.882. The third-order valence-corrected chi connectivity index (χ3v) is 3.88. The molecule has 2 heteroatoms. The number of nitrogen functional groups attached to an aromatic ring is 1. The van der Waals surface area contributed by atoms with Crippen LogP contribution in [0.3, 0.4) is 0 Å². The minimum atomic E-state index is 0.195. The molecule has 2 N–H and O–H groups in total. The first-order valence-corrected chi connectivity index (χ1v) is 5.76. The molecule has 0 amide bonds. The molecular formula is C12H14ClN. The van der Waals surface area contributed by atoms with Gasteiger partial charge in [0.2, 0.25) is 0 Å². The van der Waals surface area contributed by atoms with E-state index in [1.165, 1.54) is 29.5 Å². The largest absolute Gasteiger partial charge is 0.398 e. The number of benzene rings is 1. The summed E-state index contributed by atoms with van der Waals surface area (Å²) in [6, 6.07) is 4.37. The summed E-state index contributed by atoms with van der Waals surface area (Å²) in [5, 5.41) is 0.195. The second-order valence-electron chi connectivity index (χ2n) is 4.42. The van der Waals surface area contributed by atoms with Crippen LogP contribution in [-0.2, 0) is 6.42 Å². The van der Waals surface area contributed by atoms with E-state index in [0.29, 0.717) is 0 Å². The van der Waals surface area contributed by atoms with Crippen LogP contribution in [-0.4, -0.2) is 0 Å². The molecule has 2 aliphatic rings. The molecule has 0 aromatic heterocycles. The van der Waals surface area contributed by atoms with Gasteiger partial charge in [0.1, 0.15) is 0 Å². The summed E-state index contributed by atoms with van der Waals surface area (Å²) < 4.78 is 0. The predicted octanol–water partition coefficient (Wildman–Crippen LogP) is 3.37. The molecule has 0 heterocycles.